The summed E-state index contributed by atoms with van der Waals surface area (Å²) in [5.41, 5.74) is 0.846. The summed E-state index contributed by atoms with van der Waals surface area (Å²) in [6, 6.07) is 5.85. The number of carbonyl (C=O) groups excluding carboxylic acids is 1. The number of carbonyl (C=O) groups is 1. The minimum atomic E-state index is -0.164. The van der Waals surface area contributed by atoms with Crippen LogP contribution in [-0.4, -0.2) is 48.6 Å². The average Bonchev–Trinajstić information content (AvgIpc) is 3.21. The maximum absolute atomic E-state index is 12.5. The van der Waals surface area contributed by atoms with Gasteiger partial charge in [-0.05, 0) is 30.9 Å². The van der Waals surface area contributed by atoms with E-state index in [4.69, 9.17) is 4.52 Å². The number of rotatable bonds is 3. The van der Waals surface area contributed by atoms with Crippen molar-refractivity contribution in [3.63, 3.8) is 0 Å². The Hall–Kier alpha value is -2.77. The molecule has 1 atom stereocenters. The molecule has 4 rings (SSSR count). The molecule has 1 fully saturated rings. The van der Waals surface area contributed by atoms with Crippen molar-refractivity contribution in [2.75, 3.05) is 13.1 Å². The van der Waals surface area contributed by atoms with Crippen molar-refractivity contribution in [3.05, 3.63) is 41.9 Å². The minimum Gasteiger partial charge on any atom is -0.339 e. The fourth-order valence-electron chi connectivity index (χ4n) is 3.23. The summed E-state index contributed by atoms with van der Waals surface area (Å²) in [6.07, 6.45) is 4.79. The number of hydrogen-bond acceptors (Lipinski definition) is 6. The van der Waals surface area contributed by atoms with Crippen molar-refractivity contribution < 1.29 is 9.32 Å². The lowest BCUT2D eigenvalue weighted by Gasteiger charge is -2.31. The van der Waals surface area contributed by atoms with Gasteiger partial charge in [0.05, 0.1) is 0 Å². The first-order valence-electron chi connectivity index (χ1n) is 8.09. The fourth-order valence-corrected chi connectivity index (χ4v) is 3.23. The zero-order chi connectivity index (χ0) is 16.5. The van der Waals surface area contributed by atoms with E-state index in [1.54, 1.807) is 6.92 Å². The molecular formula is C16H18N6O2. The molecule has 124 valence electrons. The lowest BCUT2D eigenvalue weighted by Crippen LogP contribution is -2.41. The maximum atomic E-state index is 12.5. The van der Waals surface area contributed by atoms with E-state index in [0.717, 1.165) is 37.3 Å². The minimum absolute atomic E-state index is 0.140. The van der Waals surface area contributed by atoms with Gasteiger partial charge < -0.3 is 9.42 Å². The molecule has 0 aliphatic carbocycles. The molecule has 0 spiro atoms. The van der Waals surface area contributed by atoms with Crippen LogP contribution in [0.2, 0.25) is 0 Å². The second-order valence-corrected chi connectivity index (χ2v) is 6.15. The first-order valence-corrected chi connectivity index (χ1v) is 8.09. The Morgan fingerprint density at radius 2 is 2.29 bits per heavy atom. The Kier molecular flexibility index (Phi) is 3.72. The molecule has 24 heavy (non-hydrogen) atoms. The van der Waals surface area contributed by atoms with Crippen LogP contribution in [0.5, 0.6) is 0 Å². The van der Waals surface area contributed by atoms with Gasteiger partial charge in [0.25, 0.3) is 11.7 Å². The maximum Gasteiger partial charge on any atom is 0.295 e. The predicted octanol–water partition coefficient (Wildman–Crippen LogP) is 1.52. The van der Waals surface area contributed by atoms with Crippen molar-refractivity contribution in [1.29, 1.82) is 0 Å². The highest BCUT2D eigenvalue weighted by atomic mass is 16.5. The Morgan fingerprint density at radius 3 is 3.12 bits per heavy atom. The van der Waals surface area contributed by atoms with Gasteiger partial charge in [0.2, 0.25) is 5.89 Å². The highest BCUT2D eigenvalue weighted by Crippen LogP contribution is 2.21. The molecular weight excluding hydrogens is 308 g/mol. The lowest BCUT2D eigenvalue weighted by molar-refractivity contribution is 0.0656. The molecule has 1 unspecified atom stereocenters. The highest BCUT2D eigenvalue weighted by Gasteiger charge is 2.28. The quantitative estimate of drug-likeness (QED) is 0.725. The highest BCUT2D eigenvalue weighted by molar-refractivity contribution is 5.90. The van der Waals surface area contributed by atoms with Crippen LogP contribution in [0.15, 0.2) is 28.9 Å². The Balaban J connectivity index is 1.48. The Morgan fingerprint density at radius 1 is 1.38 bits per heavy atom. The van der Waals surface area contributed by atoms with E-state index in [1.807, 2.05) is 33.7 Å². The molecule has 4 heterocycles. The van der Waals surface area contributed by atoms with Crippen LogP contribution in [-0.2, 0) is 6.42 Å². The third-order valence-electron chi connectivity index (χ3n) is 4.38. The van der Waals surface area contributed by atoms with Gasteiger partial charge in [-0.15, -0.1) is 10.2 Å². The normalized spacial score (nSPS) is 18.2. The molecule has 8 nitrogen and oxygen atoms in total. The Labute approximate surface area is 138 Å². The topological polar surface area (TPSA) is 89.4 Å². The molecule has 1 aliphatic heterocycles. The summed E-state index contributed by atoms with van der Waals surface area (Å²) in [4.78, 5) is 18.3. The van der Waals surface area contributed by atoms with Gasteiger partial charge in [-0.2, -0.15) is 4.98 Å². The van der Waals surface area contributed by atoms with Crippen LogP contribution in [0.3, 0.4) is 0 Å². The van der Waals surface area contributed by atoms with Gasteiger partial charge >= 0.3 is 0 Å². The van der Waals surface area contributed by atoms with E-state index in [9.17, 15) is 4.79 Å². The number of pyridine rings is 1. The van der Waals surface area contributed by atoms with E-state index < -0.39 is 0 Å². The third kappa shape index (κ3) is 2.75. The third-order valence-corrected chi connectivity index (χ3v) is 4.38. The van der Waals surface area contributed by atoms with Crippen molar-refractivity contribution in [2.45, 2.75) is 26.2 Å². The monoisotopic (exact) mass is 326 g/mol. The standard InChI is InChI=1S/C16H18N6O2/c1-11-17-15(20-24-11)16(23)21-7-4-5-12(10-21)9-14-19-18-13-6-2-3-8-22(13)14/h2-3,6,8,12H,4-5,7,9-10H2,1H3. The SMILES string of the molecule is Cc1nc(C(=O)N2CCCC(Cc3nnc4ccccn34)C2)no1. The lowest BCUT2D eigenvalue weighted by atomic mass is 9.94. The summed E-state index contributed by atoms with van der Waals surface area (Å²) in [5.74, 6) is 1.66. The number of piperidine rings is 1. The Bertz CT molecular complexity index is 870. The molecule has 1 saturated heterocycles. The first-order chi connectivity index (χ1) is 11.7. The average molecular weight is 326 g/mol. The molecule has 1 amide bonds. The molecule has 0 radical (unpaired) electrons. The number of aryl methyl sites for hydroxylation is 1. The molecule has 3 aromatic heterocycles. The first kappa shape index (κ1) is 14.8. The number of aromatic nitrogens is 5. The van der Waals surface area contributed by atoms with E-state index in [2.05, 4.69) is 20.3 Å². The molecule has 1 aliphatic rings. The summed E-state index contributed by atoms with van der Waals surface area (Å²) in [7, 11) is 0. The van der Waals surface area contributed by atoms with E-state index in [0.29, 0.717) is 18.4 Å². The fraction of sp³-hybridized carbons (Fsp3) is 0.438. The smallest absolute Gasteiger partial charge is 0.295 e. The molecule has 0 N–H and O–H groups in total. The number of amides is 1. The van der Waals surface area contributed by atoms with Gasteiger partial charge in [-0.25, -0.2) is 0 Å². The van der Waals surface area contributed by atoms with Crippen molar-refractivity contribution in [1.82, 2.24) is 29.6 Å². The van der Waals surface area contributed by atoms with Crippen LogP contribution in [0, 0.1) is 12.8 Å². The van der Waals surface area contributed by atoms with Crippen molar-refractivity contribution in [3.8, 4) is 0 Å². The van der Waals surface area contributed by atoms with Crippen molar-refractivity contribution in [2.24, 2.45) is 5.92 Å². The van der Waals surface area contributed by atoms with Crippen LogP contribution >= 0.6 is 0 Å². The van der Waals surface area contributed by atoms with Crippen molar-refractivity contribution >= 4 is 11.6 Å². The summed E-state index contributed by atoms with van der Waals surface area (Å²) in [5, 5.41) is 12.2. The molecule has 8 heteroatoms. The molecule has 3 aromatic rings. The molecule has 0 bridgehead atoms. The van der Waals surface area contributed by atoms with Crippen LogP contribution in [0.1, 0.15) is 35.2 Å². The van der Waals surface area contributed by atoms with Crippen LogP contribution < -0.4 is 0 Å². The van der Waals surface area contributed by atoms with E-state index in [1.165, 1.54) is 0 Å². The van der Waals surface area contributed by atoms with Crippen LogP contribution in [0.25, 0.3) is 5.65 Å². The van der Waals surface area contributed by atoms with Gasteiger partial charge in [0.1, 0.15) is 5.82 Å². The second-order valence-electron chi connectivity index (χ2n) is 6.15. The van der Waals surface area contributed by atoms with Gasteiger partial charge in [0.15, 0.2) is 5.65 Å². The van der Waals surface area contributed by atoms with Crippen LogP contribution in [0.4, 0.5) is 0 Å². The largest absolute Gasteiger partial charge is 0.339 e. The zero-order valence-electron chi connectivity index (χ0n) is 13.4. The van der Waals surface area contributed by atoms with E-state index >= 15 is 0 Å². The number of fused-ring (bicyclic) bond motifs is 1. The molecule has 0 aromatic carbocycles. The predicted molar refractivity (Wildman–Crippen MR) is 84.4 cm³/mol. The number of nitrogens with zero attached hydrogens (tertiary/aromatic N) is 6. The van der Waals surface area contributed by atoms with Gasteiger partial charge in [-0.1, -0.05) is 11.2 Å². The second kappa shape index (κ2) is 6.03. The molecule has 0 saturated carbocycles. The summed E-state index contributed by atoms with van der Waals surface area (Å²) < 4.78 is 6.91. The number of hydrogen-bond donors (Lipinski definition) is 0. The van der Waals surface area contributed by atoms with Gasteiger partial charge in [0, 0.05) is 32.6 Å². The summed E-state index contributed by atoms with van der Waals surface area (Å²) in [6.45, 7) is 3.08. The van der Waals surface area contributed by atoms with E-state index in [-0.39, 0.29) is 11.7 Å². The summed E-state index contributed by atoms with van der Waals surface area (Å²) >= 11 is 0. The van der Waals surface area contributed by atoms with Gasteiger partial charge in [-0.3, -0.25) is 9.20 Å². The zero-order valence-corrected chi connectivity index (χ0v) is 13.4. The number of likely N-dealkylation sites (tertiary alicyclic amines) is 1.